The molecule has 142 valence electrons. The topological polar surface area (TPSA) is 85.7 Å². The van der Waals surface area contributed by atoms with Crippen LogP contribution in [0.3, 0.4) is 0 Å². The van der Waals surface area contributed by atoms with E-state index in [1.54, 1.807) is 13.8 Å². The van der Waals surface area contributed by atoms with Gasteiger partial charge in [-0.1, -0.05) is 13.8 Å². The van der Waals surface area contributed by atoms with Crippen molar-refractivity contribution in [2.45, 2.75) is 39.7 Å². The van der Waals surface area contributed by atoms with Gasteiger partial charge in [-0.2, -0.15) is 0 Å². The number of aliphatic hydroxyl groups is 1. The Morgan fingerprint density at radius 2 is 2.04 bits per heavy atom. The molecule has 0 atom stereocenters. The van der Waals surface area contributed by atoms with Crippen LogP contribution >= 0.6 is 0 Å². The van der Waals surface area contributed by atoms with Crippen LogP contribution in [0.25, 0.3) is 0 Å². The Bertz CT molecular complexity index is 771. The molecular formula is C18H21F2NO5. The third-order valence-electron chi connectivity index (χ3n) is 4.39. The first-order valence-electron chi connectivity index (χ1n) is 8.00. The first-order chi connectivity index (χ1) is 12.1. The Morgan fingerprint density at radius 1 is 1.38 bits per heavy atom. The molecule has 6 nitrogen and oxygen atoms in total. The van der Waals surface area contributed by atoms with E-state index in [4.69, 9.17) is 9.47 Å². The molecule has 0 unspecified atom stereocenters. The minimum absolute atomic E-state index is 0.0998. The number of allylic oxidation sites excluding steroid dienone is 2. The lowest BCUT2D eigenvalue weighted by molar-refractivity contribution is -0.116. The van der Waals surface area contributed by atoms with Gasteiger partial charge in [-0.3, -0.25) is 9.59 Å². The highest BCUT2D eigenvalue weighted by Crippen LogP contribution is 2.39. The molecule has 0 aliphatic heterocycles. The highest BCUT2D eigenvalue weighted by Gasteiger charge is 2.39. The fourth-order valence-corrected chi connectivity index (χ4v) is 2.86. The molecule has 1 aliphatic carbocycles. The number of rotatable bonds is 6. The molecule has 0 bridgehead atoms. The van der Waals surface area contributed by atoms with Crippen molar-refractivity contribution in [1.29, 1.82) is 0 Å². The van der Waals surface area contributed by atoms with Crippen LogP contribution in [-0.4, -0.2) is 35.9 Å². The second kappa shape index (κ2) is 7.49. The summed E-state index contributed by atoms with van der Waals surface area (Å²) in [5.41, 5.74) is -1.73. The molecule has 0 saturated carbocycles. The third kappa shape index (κ3) is 3.60. The summed E-state index contributed by atoms with van der Waals surface area (Å²) in [4.78, 5) is 29.0. The largest absolute Gasteiger partial charge is 0.511 e. The highest BCUT2D eigenvalue weighted by atomic mass is 19.3. The summed E-state index contributed by atoms with van der Waals surface area (Å²) in [5, 5.41) is 10.5. The van der Waals surface area contributed by atoms with Gasteiger partial charge in [0.25, 0.3) is 6.43 Å². The van der Waals surface area contributed by atoms with Crippen LogP contribution in [0.4, 0.5) is 8.78 Å². The average Bonchev–Trinajstić information content (AvgIpc) is 2.58. The lowest BCUT2D eigenvalue weighted by Crippen LogP contribution is -2.30. The number of hydrogen-bond donors (Lipinski definition) is 1. The summed E-state index contributed by atoms with van der Waals surface area (Å²) in [7, 11) is 2.53. The predicted molar refractivity (Wildman–Crippen MR) is 88.5 cm³/mol. The average molecular weight is 369 g/mol. The summed E-state index contributed by atoms with van der Waals surface area (Å²) in [6, 6.07) is 1.04. The molecule has 0 spiro atoms. The van der Waals surface area contributed by atoms with Crippen LogP contribution in [0.15, 0.2) is 17.4 Å². The van der Waals surface area contributed by atoms with Crippen LogP contribution in [0.1, 0.15) is 54.7 Å². The first kappa shape index (κ1) is 20.0. The molecule has 8 heteroatoms. The van der Waals surface area contributed by atoms with E-state index < -0.39 is 29.1 Å². The van der Waals surface area contributed by atoms with Crippen LogP contribution < -0.4 is 4.74 Å². The number of ketones is 2. The van der Waals surface area contributed by atoms with Crippen LogP contribution in [0.2, 0.25) is 0 Å². The lowest BCUT2D eigenvalue weighted by atomic mass is 9.75. The van der Waals surface area contributed by atoms with E-state index in [0.717, 1.165) is 6.07 Å². The summed E-state index contributed by atoms with van der Waals surface area (Å²) in [6.07, 6.45) is -2.37. The van der Waals surface area contributed by atoms with Crippen molar-refractivity contribution in [3.05, 3.63) is 34.2 Å². The molecule has 0 amide bonds. The monoisotopic (exact) mass is 369 g/mol. The Kier molecular flexibility index (Phi) is 5.75. The number of alkyl halides is 2. The maximum absolute atomic E-state index is 13.1. The summed E-state index contributed by atoms with van der Waals surface area (Å²) in [6.45, 7) is 3.27. The maximum Gasteiger partial charge on any atom is 0.280 e. The number of aromatic nitrogens is 1. The van der Waals surface area contributed by atoms with Gasteiger partial charge in [-0.15, -0.1) is 0 Å². The smallest absolute Gasteiger partial charge is 0.280 e. The molecule has 0 aromatic carbocycles. The number of carbonyl (C=O) groups excluding carboxylic acids is 2. The standard InChI is InChI=1S/C18H21F2NO5/c1-18(2)6-5-11(22)13(15(18)24)14(23)12-9(8-25-3)7-10(16(19)20)21-17(12)26-4/h7,16,24H,5-6,8H2,1-4H3. The zero-order chi connectivity index (χ0) is 19.6. The number of halogens is 2. The Hall–Kier alpha value is -2.35. The van der Waals surface area contributed by atoms with Crippen molar-refractivity contribution in [2.75, 3.05) is 14.2 Å². The minimum atomic E-state index is -2.87. The van der Waals surface area contributed by atoms with Gasteiger partial charge in [-0.25, -0.2) is 13.8 Å². The van der Waals surface area contributed by atoms with E-state index in [2.05, 4.69) is 4.98 Å². The maximum atomic E-state index is 13.1. The van der Waals surface area contributed by atoms with Gasteiger partial charge in [0.15, 0.2) is 5.78 Å². The summed E-state index contributed by atoms with van der Waals surface area (Å²) >= 11 is 0. The Morgan fingerprint density at radius 3 is 2.58 bits per heavy atom. The summed E-state index contributed by atoms with van der Waals surface area (Å²) < 4.78 is 36.2. The van der Waals surface area contributed by atoms with E-state index >= 15 is 0 Å². The number of ether oxygens (including phenoxy) is 2. The van der Waals surface area contributed by atoms with Gasteiger partial charge in [0.2, 0.25) is 11.7 Å². The molecule has 1 aromatic rings. The fourth-order valence-electron chi connectivity index (χ4n) is 2.86. The number of aliphatic hydroxyl groups excluding tert-OH is 1. The van der Waals surface area contributed by atoms with Crippen molar-refractivity contribution in [2.24, 2.45) is 5.41 Å². The van der Waals surface area contributed by atoms with Crippen molar-refractivity contribution in [3.8, 4) is 5.88 Å². The molecule has 0 fully saturated rings. The number of hydrogen-bond acceptors (Lipinski definition) is 6. The van der Waals surface area contributed by atoms with E-state index in [0.29, 0.717) is 6.42 Å². The first-order valence-corrected chi connectivity index (χ1v) is 8.00. The number of methoxy groups -OCH3 is 2. The van der Waals surface area contributed by atoms with Crippen molar-refractivity contribution in [3.63, 3.8) is 0 Å². The third-order valence-corrected chi connectivity index (χ3v) is 4.39. The van der Waals surface area contributed by atoms with Crippen LogP contribution in [0.5, 0.6) is 5.88 Å². The zero-order valence-corrected chi connectivity index (χ0v) is 15.1. The molecule has 0 saturated heterocycles. The zero-order valence-electron chi connectivity index (χ0n) is 15.1. The van der Waals surface area contributed by atoms with E-state index in [1.165, 1.54) is 14.2 Å². The number of nitrogens with zero attached hydrogens (tertiary/aromatic N) is 1. The summed E-state index contributed by atoms with van der Waals surface area (Å²) in [5.74, 6) is -1.97. The molecule has 1 N–H and O–H groups in total. The van der Waals surface area contributed by atoms with Crippen molar-refractivity contribution >= 4 is 11.6 Å². The molecular weight excluding hydrogens is 348 g/mol. The Labute approximate surface area is 149 Å². The molecule has 0 radical (unpaired) electrons. The van der Waals surface area contributed by atoms with Crippen molar-refractivity contribution < 1.29 is 33.0 Å². The van der Waals surface area contributed by atoms with E-state index in [1.807, 2.05) is 0 Å². The Balaban J connectivity index is 2.70. The lowest BCUT2D eigenvalue weighted by Gasteiger charge is -2.30. The van der Waals surface area contributed by atoms with E-state index in [-0.39, 0.29) is 41.4 Å². The molecule has 26 heavy (non-hydrogen) atoms. The molecule has 1 aliphatic rings. The number of pyridine rings is 1. The number of Topliss-reactive ketones (excluding diaryl/α,β-unsaturated/α-hetero) is 2. The molecule has 1 heterocycles. The number of carbonyl (C=O) groups is 2. The SMILES string of the molecule is COCc1cc(C(F)F)nc(OC)c1C(=O)C1=C(O)C(C)(C)CCC1=O. The minimum Gasteiger partial charge on any atom is -0.511 e. The fraction of sp³-hybridized carbons (Fsp3) is 0.500. The molecule has 2 rings (SSSR count). The molecule has 1 aromatic heterocycles. The normalized spacial score (nSPS) is 17.0. The van der Waals surface area contributed by atoms with Gasteiger partial charge in [0.1, 0.15) is 17.0 Å². The van der Waals surface area contributed by atoms with Gasteiger partial charge in [0, 0.05) is 18.9 Å². The second-order valence-corrected chi connectivity index (χ2v) is 6.68. The van der Waals surface area contributed by atoms with Gasteiger partial charge in [0.05, 0.1) is 19.3 Å². The predicted octanol–water partition coefficient (Wildman–Crippen LogP) is 3.56. The van der Waals surface area contributed by atoms with Gasteiger partial charge in [-0.05, 0) is 18.1 Å². The second-order valence-electron chi connectivity index (χ2n) is 6.68. The van der Waals surface area contributed by atoms with Gasteiger partial charge >= 0.3 is 0 Å². The highest BCUT2D eigenvalue weighted by molar-refractivity contribution is 6.28. The quantitative estimate of drug-likeness (QED) is 0.610. The van der Waals surface area contributed by atoms with Crippen LogP contribution in [-0.2, 0) is 16.1 Å². The van der Waals surface area contributed by atoms with Gasteiger partial charge < -0.3 is 14.6 Å². The van der Waals surface area contributed by atoms with Crippen LogP contribution in [0, 0.1) is 5.41 Å². The van der Waals surface area contributed by atoms with E-state index in [9.17, 15) is 23.5 Å². The van der Waals surface area contributed by atoms with Crippen molar-refractivity contribution in [1.82, 2.24) is 4.98 Å².